The van der Waals surface area contributed by atoms with E-state index in [1.54, 1.807) is 13.8 Å². The summed E-state index contributed by atoms with van der Waals surface area (Å²) in [6, 6.07) is 0. The average molecular weight is 210 g/mol. The van der Waals surface area contributed by atoms with Crippen LogP contribution in [0, 0.1) is 0 Å². The van der Waals surface area contributed by atoms with Gasteiger partial charge in [-0.25, -0.2) is 13.1 Å². The molecular formula is C7H18N2O3S. The lowest BCUT2D eigenvalue weighted by molar-refractivity contribution is 0.217. The van der Waals surface area contributed by atoms with Crippen LogP contribution in [0.1, 0.15) is 13.8 Å². The first-order chi connectivity index (χ1) is 5.77. The normalized spacial score (nSPS) is 13.2. The van der Waals surface area contributed by atoms with Gasteiger partial charge >= 0.3 is 0 Å². The molecular weight excluding hydrogens is 192 g/mol. The third-order valence-corrected chi connectivity index (χ3v) is 2.59. The summed E-state index contributed by atoms with van der Waals surface area (Å²) in [5.41, 5.74) is 5.09. The van der Waals surface area contributed by atoms with E-state index >= 15 is 0 Å². The molecule has 0 aliphatic rings. The fourth-order valence-corrected chi connectivity index (χ4v) is 1.68. The summed E-state index contributed by atoms with van der Waals surface area (Å²) >= 11 is 0. The first kappa shape index (κ1) is 12.8. The minimum atomic E-state index is -3.23. The fourth-order valence-electron chi connectivity index (χ4n) is 0.561. The van der Waals surface area contributed by atoms with E-state index in [4.69, 9.17) is 5.73 Å². The van der Waals surface area contributed by atoms with E-state index in [0.29, 0.717) is 0 Å². The molecule has 0 radical (unpaired) electrons. The van der Waals surface area contributed by atoms with E-state index in [1.165, 1.54) is 7.11 Å². The van der Waals surface area contributed by atoms with Gasteiger partial charge in [0, 0.05) is 19.2 Å². The SMILES string of the molecule is COCCS(=O)(=O)NCC(C)(C)N. The van der Waals surface area contributed by atoms with Crippen LogP contribution in [-0.4, -0.2) is 40.0 Å². The number of hydrogen-bond donors (Lipinski definition) is 2. The molecule has 6 heteroatoms. The van der Waals surface area contributed by atoms with Crippen molar-refractivity contribution < 1.29 is 13.2 Å². The van der Waals surface area contributed by atoms with E-state index in [1.807, 2.05) is 0 Å². The first-order valence-electron chi connectivity index (χ1n) is 4.02. The van der Waals surface area contributed by atoms with Gasteiger partial charge < -0.3 is 10.5 Å². The zero-order valence-corrected chi connectivity index (χ0v) is 9.15. The Morgan fingerprint density at radius 1 is 1.46 bits per heavy atom. The maximum atomic E-state index is 11.2. The van der Waals surface area contributed by atoms with Crippen LogP contribution >= 0.6 is 0 Å². The molecule has 13 heavy (non-hydrogen) atoms. The van der Waals surface area contributed by atoms with Crippen LogP contribution in [0.25, 0.3) is 0 Å². The molecule has 0 saturated heterocycles. The summed E-state index contributed by atoms with van der Waals surface area (Å²) < 4.78 is 29.4. The Labute approximate surface area is 79.7 Å². The molecule has 0 aromatic heterocycles. The van der Waals surface area contributed by atoms with Crippen LogP contribution in [0.15, 0.2) is 0 Å². The fraction of sp³-hybridized carbons (Fsp3) is 1.00. The molecule has 80 valence electrons. The number of ether oxygens (including phenoxy) is 1. The lowest BCUT2D eigenvalue weighted by atomic mass is 10.1. The minimum Gasteiger partial charge on any atom is -0.384 e. The molecule has 0 rings (SSSR count). The number of hydrogen-bond acceptors (Lipinski definition) is 4. The summed E-state index contributed by atoms with van der Waals surface area (Å²) in [6.45, 7) is 3.94. The Balaban J connectivity index is 3.91. The lowest BCUT2D eigenvalue weighted by Crippen LogP contribution is -2.45. The predicted molar refractivity (Wildman–Crippen MR) is 51.9 cm³/mol. The van der Waals surface area contributed by atoms with Crippen molar-refractivity contribution >= 4 is 10.0 Å². The highest BCUT2D eigenvalue weighted by Gasteiger charge is 2.15. The molecule has 0 bridgehead atoms. The van der Waals surface area contributed by atoms with E-state index in [-0.39, 0.29) is 18.9 Å². The van der Waals surface area contributed by atoms with Crippen molar-refractivity contribution in [2.45, 2.75) is 19.4 Å². The molecule has 3 N–H and O–H groups in total. The predicted octanol–water partition coefficient (Wildman–Crippen LogP) is -0.710. The number of sulfonamides is 1. The average Bonchev–Trinajstić information content (AvgIpc) is 1.97. The van der Waals surface area contributed by atoms with Gasteiger partial charge in [0.05, 0.1) is 12.4 Å². The molecule has 0 unspecified atom stereocenters. The summed E-state index contributed by atoms with van der Waals surface area (Å²) in [5, 5.41) is 0. The maximum Gasteiger partial charge on any atom is 0.213 e. The van der Waals surface area contributed by atoms with Gasteiger partial charge in [0.2, 0.25) is 10.0 Å². The van der Waals surface area contributed by atoms with Crippen molar-refractivity contribution in [2.24, 2.45) is 5.73 Å². The first-order valence-corrected chi connectivity index (χ1v) is 5.67. The van der Waals surface area contributed by atoms with Crippen LogP contribution in [0.2, 0.25) is 0 Å². The molecule has 5 nitrogen and oxygen atoms in total. The van der Waals surface area contributed by atoms with E-state index in [9.17, 15) is 8.42 Å². The monoisotopic (exact) mass is 210 g/mol. The minimum absolute atomic E-state index is 0.0282. The molecule has 0 amide bonds. The molecule has 0 saturated carbocycles. The van der Waals surface area contributed by atoms with E-state index < -0.39 is 15.6 Å². The van der Waals surface area contributed by atoms with Gasteiger partial charge in [-0.15, -0.1) is 0 Å². The van der Waals surface area contributed by atoms with Crippen molar-refractivity contribution in [3.05, 3.63) is 0 Å². The van der Waals surface area contributed by atoms with Gasteiger partial charge in [0.1, 0.15) is 0 Å². The Morgan fingerprint density at radius 2 is 2.00 bits per heavy atom. The molecule has 0 spiro atoms. The zero-order valence-electron chi connectivity index (χ0n) is 8.33. The molecule has 0 aliphatic carbocycles. The number of nitrogens with two attached hydrogens (primary N) is 1. The van der Waals surface area contributed by atoms with Gasteiger partial charge in [0.15, 0.2) is 0 Å². The summed E-state index contributed by atoms with van der Waals surface area (Å²) in [6.07, 6.45) is 0. The van der Waals surface area contributed by atoms with Crippen molar-refractivity contribution in [1.29, 1.82) is 0 Å². The van der Waals surface area contributed by atoms with Gasteiger partial charge in [-0.3, -0.25) is 0 Å². The molecule has 0 aromatic carbocycles. The van der Waals surface area contributed by atoms with Gasteiger partial charge in [-0.1, -0.05) is 0 Å². The van der Waals surface area contributed by atoms with Crippen molar-refractivity contribution in [3.8, 4) is 0 Å². The summed E-state index contributed by atoms with van der Waals surface area (Å²) in [4.78, 5) is 0. The van der Waals surface area contributed by atoms with Crippen LogP contribution in [0.3, 0.4) is 0 Å². The summed E-state index contributed by atoms with van der Waals surface area (Å²) in [5.74, 6) is -0.0282. The Kier molecular flexibility index (Phi) is 4.83. The van der Waals surface area contributed by atoms with Gasteiger partial charge in [-0.2, -0.15) is 0 Å². The largest absolute Gasteiger partial charge is 0.384 e. The number of rotatable bonds is 6. The summed E-state index contributed by atoms with van der Waals surface area (Å²) in [7, 11) is -1.77. The quantitative estimate of drug-likeness (QED) is 0.607. The second kappa shape index (κ2) is 4.90. The van der Waals surface area contributed by atoms with Gasteiger partial charge in [0.25, 0.3) is 0 Å². The second-order valence-electron chi connectivity index (χ2n) is 3.62. The molecule has 0 atom stereocenters. The van der Waals surface area contributed by atoms with Crippen molar-refractivity contribution in [3.63, 3.8) is 0 Å². The van der Waals surface area contributed by atoms with E-state index in [2.05, 4.69) is 9.46 Å². The van der Waals surface area contributed by atoms with Crippen LogP contribution < -0.4 is 10.5 Å². The van der Waals surface area contributed by atoms with Crippen molar-refractivity contribution in [1.82, 2.24) is 4.72 Å². The molecule has 0 aromatic rings. The highest BCUT2D eigenvalue weighted by atomic mass is 32.2. The Morgan fingerprint density at radius 3 is 2.38 bits per heavy atom. The highest BCUT2D eigenvalue weighted by molar-refractivity contribution is 7.89. The highest BCUT2D eigenvalue weighted by Crippen LogP contribution is 1.95. The van der Waals surface area contributed by atoms with Crippen LogP contribution in [0.4, 0.5) is 0 Å². The number of methoxy groups -OCH3 is 1. The standard InChI is InChI=1S/C7H18N2O3S/c1-7(2,8)6-9-13(10,11)5-4-12-3/h9H,4-6,8H2,1-3H3. The van der Waals surface area contributed by atoms with Crippen LogP contribution in [0.5, 0.6) is 0 Å². The lowest BCUT2D eigenvalue weighted by Gasteiger charge is -2.18. The zero-order chi connectivity index (χ0) is 10.5. The number of nitrogens with one attached hydrogen (secondary N) is 1. The molecule has 0 heterocycles. The van der Waals surface area contributed by atoms with Gasteiger partial charge in [-0.05, 0) is 13.8 Å². The third kappa shape index (κ3) is 8.17. The molecule has 0 fully saturated rings. The Bertz CT molecular complexity index is 231. The topological polar surface area (TPSA) is 81.4 Å². The van der Waals surface area contributed by atoms with E-state index in [0.717, 1.165) is 0 Å². The third-order valence-electron chi connectivity index (χ3n) is 1.30. The second-order valence-corrected chi connectivity index (χ2v) is 5.55. The maximum absolute atomic E-state index is 11.2. The Hall–Kier alpha value is -0.170. The van der Waals surface area contributed by atoms with Crippen molar-refractivity contribution in [2.75, 3.05) is 26.0 Å². The van der Waals surface area contributed by atoms with Crippen LogP contribution in [-0.2, 0) is 14.8 Å². The molecule has 0 aliphatic heterocycles. The smallest absolute Gasteiger partial charge is 0.213 e.